The molecule has 4 nitrogen and oxygen atoms in total. The van der Waals surface area contributed by atoms with Crippen molar-refractivity contribution < 1.29 is 19.4 Å². The molecule has 0 unspecified atom stereocenters. The number of hydrogen-bond acceptors (Lipinski definition) is 3. The lowest BCUT2D eigenvalue weighted by Gasteiger charge is -2.10. The van der Waals surface area contributed by atoms with Crippen molar-refractivity contribution in [3.63, 3.8) is 0 Å². The van der Waals surface area contributed by atoms with Crippen LogP contribution in [0.4, 0.5) is 10.1 Å². The van der Waals surface area contributed by atoms with Crippen LogP contribution in [-0.4, -0.2) is 16.1 Å². The molecule has 2 rings (SSSR count). The maximum atomic E-state index is 13.1. The Hall–Kier alpha value is -1.79. The number of phenols is 2. The number of benzene rings is 2. The molecule has 0 radical (unpaired) electrons. The number of anilines is 1. The van der Waals surface area contributed by atoms with Crippen molar-refractivity contribution >= 4 is 39.1 Å². The Morgan fingerprint density at radius 3 is 2.50 bits per heavy atom. The van der Waals surface area contributed by atoms with E-state index in [9.17, 15) is 19.4 Å². The number of hydrogen-bond donors (Lipinski definition) is 3. The van der Waals surface area contributed by atoms with Crippen molar-refractivity contribution in [2.24, 2.45) is 0 Å². The average molecular weight is 361 g/mol. The zero-order valence-corrected chi connectivity index (χ0v) is 12.2. The van der Waals surface area contributed by atoms with E-state index in [-0.39, 0.29) is 22.0 Å². The van der Waals surface area contributed by atoms with Gasteiger partial charge in [0.1, 0.15) is 5.82 Å². The summed E-state index contributed by atoms with van der Waals surface area (Å²) >= 11 is 8.95. The molecule has 0 aliphatic rings. The molecule has 0 saturated heterocycles. The smallest absolute Gasteiger partial charge is 0.255 e. The second-order valence-corrected chi connectivity index (χ2v) is 5.16. The summed E-state index contributed by atoms with van der Waals surface area (Å²) in [6.07, 6.45) is 0. The first-order chi connectivity index (χ1) is 9.38. The molecule has 0 aliphatic heterocycles. The summed E-state index contributed by atoms with van der Waals surface area (Å²) in [5, 5.41) is 21.1. The Bertz CT molecular complexity index is 670. The maximum Gasteiger partial charge on any atom is 0.255 e. The first-order valence-corrected chi connectivity index (χ1v) is 6.53. The highest BCUT2D eigenvalue weighted by molar-refractivity contribution is 9.10. The van der Waals surface area contributed by atoms with E-state index in [1.54, 1.807) is 0 Å². The molecule has 0 fully saturated rings. The highest BCUT2D eigenvalue weighted by Gasteiger charge is 2.14. The van der Waals surface area contributed by atoms with E-state index in [0.717, 1.165) is 18.2 Å². The molecule has 7 heteroatoms. The lowest BCUT2D eigenvalue weighted by Crippen LogP contribution is -2.12. The van der Waals surface area contributed by atoms with Crippen LogP contribution in [0.5, 0.6) is 11.5 Å². The molecule has 0 aromatic heterocycles. The third kappa shape index (κ3) is 3.02. The quantitative estimate of drug-likeness (QED) is 0.711. The second kappa shape index (κ2) is 5.68. The highest BCUT2D eigenvalue weighted by Crippen LogP contribution is 2.32. The average Bonchev–Trinajstić information content (AvgIpc) is 2.36. The summed E-state index contributed by atoms with van der Waals surface area (Å²) in [6.45, 7) is 0. The normalized spacial score (nSPS) is 10.3. The van der Waals surface area contributed by atoms with Crippen LogP contribution in [0.1, 0.15) is 10.4 Å². The predicted molar refractivity (Wildman–Crippen MR) is 76.8 cm³/mol. The van der Waals surface area contributed by atoms with Crippen LogP contribution in [0.25, 0.3) is 0 Å². The van der Waals surface area contributed by atoms with Gasteiger partial charge >= 0.3 is 0 Å². The monoisotopic (exact) mass is 359 g/mol. The molecule has 0 heterocycles. The SMILES string of the molecule is O=C(Nc1c(Cl)cc(F)cc1Br)c1ccc(O)c(O)c1. The number of carbonyl (C=O) groups is 1. The number of rotatable bonds is 2. The van der Waals surface area contributed by atoms with E-state index in [1.807, 2.05) is 0 Å². The van der Waals surface area contributed by atoms with Crippen molar-refractivity contribution in [3.05, 3.63) is 51.2 Å². The van der Waals surface area contributed by atoms with Gasteiger partial charge in [-0.15, -0.1) is 0 Å². The van der Waals surface area contributed by atoms with Crippen molar-refractivity contribution in [1.82, 2.24) is 0 Å². The molecule has 2 aromatic carbocycles. The fraction of sp³-hybridized carbons (Fsp3) is 0. The van der Waals surface area contributed by atoms with Crippen LogP contribution in [0, 0.1) is 5.82 Å². The van der Waals surface area contributed by atoms with Gasteiger partial charge in [0.15, 0.2) is 11.5 Å². The third-order valence-electron chi connectivity index (χ3n) is 2.48. The topological polar surface area (TPSA) is 69.6 Å². The van der Waals surface area contributed by atoms with Gasteiger partial charge in [-0.1, -0.05) is 11.6 Å². The summed E-state index contributed by atoms with van der Waals surface area (Å²) in [5.74, 6) is -1.85. The minimum Gasteiger partial charge on any atom is -0.504 e. The molecular weight excluding hydrogens is 353 g/mol. The fourth-order valence-corrected chi connectivity index (χ4v) is 2.41. The molecule has 2 aromatic rings. The van der Waals surface area contributed by atoms with E-state index in [2.05, 4.69) is 21.2 Å². The molecule has 104 valence electrons. The van der Waals surface area contributed by atoms with Crippen LogP contribution in [0.3, 0.4) is 0 Å². The zero-order chi connectivity index (χ0) is 14.9. The Morgan fingerprint density at radius 2 is 1.90 bits per heavy atom. The standard InChI is InChI=1S/C13H8BrClFNO3/c14-8-4-7(16)5-9(15)12(8)17-13(20)6-1-2-10(18)11(19)3-6/h1-5,18-19H,(H,17,20). The molecule has 0 atom stereocenters. The lowest BCUT2D eigenvalue weighted by molar-refractivity contribution is 0.102. The van der Waals surface area contributed by atoms with Gasteiger partial charge in [-0.2, -0.15) is 0 Å². The van der Waals surface area contributed by atoms with Gasteiger partial charge in [0, 0.05) is 10.0 Å². The Labute approximate surface area is 126 Å². The number of amides is 1. The Morgan fingerprint density at radius 1 is 1.20 bits per heavy atom. The van der Waals surface area contributed by atoms with Gasteiger partial charge in [-0.25, -0.2) is 4.39 Å². The fourth-order valence-electron chi connectivity index (χ4n) is 1.51. The van der Waals surface area contributed by atoms with Gasteiger partial charge in [0.25, 0.3) is 5.91 Å². The number of aromatic hydroxyl groups is 2. The van der Waals surface area contributed by atoms with Gasteiger partial charge in [-0.3, -0.25) is 4.79 Å². The Balaban J connectivity index is 2.30. The highest BCUT2D eigenvalue weighted by atomic mass is 79.9. The van der Waals surface area contributed by atoms with E-state index >= 15 is 0 Å². The largest absolute Gasteiger partial charge is 0.504 e. The summed E-state index contributed by atoms with van der Waals surface area (Å²) in [6, 6.07) is 5.85. The predicted octanol–water partition coefficient (Wildman–Crippen LogP) is 3.91. The van der Waals surface area contributed by atoms with Crippen LogP contribution < -0.4 is 5.32 Å². The van der Waals surface area contributed by atoms with E-state index in [1.165, 1.54) is 12.1 Å². The second-order valence-electron chi connectivity index (χ2n) is 3.90. The van der Waals surface area contributed by atoms with E-state index < -0.39 is 17.5 Å². The molecular formula is C13H8BrClFNO3. The summed E-state index contributed by atoms with van der Waals surface area (Å²) in [4.78, 5) is 12.0. The van der Waals surface area contributed by atoms with Crippen LogP contribution in [-0.2, 0) is 0 Å². The lowest BCUT2D eigenvalue weighted by atomic mass is 10.2. The Kier molecular flexibility index (Phi) is 4.15. The van der Waals surface area contributed by atoms with Gasteiger partial charge in [0.05, 0.1) is 10.7 Å². The number of phenolic OH excluding ortho intramolecular Hbond substituents is 2. The summed E-state index contributed by atoms with van der Waals surface area (Å²) in [7, 11) is 0. The zero-order valence-electron chi connectivity index (χ0n) is 9.82. The summed E-state index contributed by atoms with van der Waals surface area (Å²) in [5.41, 5.74) is 0.332. The number of carbonyl (C=O) groups excluding carboxylic acids is 1. The molecule has 1 amide bonds. The van der Waals surface area contributed by atoms with Crippen LogP contribution in [0.15, 0.2) is 34.8 Å². The van der Waals surface area contributed by atoms with Gasteiger partial charge < -0.3 is 15.5 Å². The van der Waals surface area contributed by atoms with Crippen molar-refractivity contribution in [2.75, 3.05) is 5.32 Å². The van der Waals surface area contributed by atoms with Crippen LogP contribution in [0.2, 0.25) is 5.02 Å². The molecule has 0 saturated carbocycles. The van der Waals surface area contributed by atoms with Gasteiger partial charge in [-0.05, 0) is 46.3 Å². The minimum atomic E-state index is -0.561. The number of nitrogens with one attached hydrogen (secondary N) is 1. The maximum absolute atomic E-state index is 13.1. The molecule has 0 spiro atoms. The minimum absolute atomic E-state index is 0.0354. The molecule has 3 N–H and O–H groups in total. The van der Waals surface area contributed by atoms with Gasteiger partial charge in [0.2, 0.25) is 0 Å². The number of halogens is 3. The van der Waals surface area contributed by atoms with Crippen molar-refractivity contribution in [3.8, 4) is 11.5 Å². The first-order valence-electron chi connectivity index (χ1n) is 5.36. The van der Waals surface area contributed by atoms with E-state index in [4.69, 9.17) is 11.6 Å². The molecule has 20 heavy (non-hydrogen) atoms. The third-order valence-corrected chi connectivity index (χ3v) is 3.41. The van der Waals surface area contributed by atoms with E-state index in [0.29, 0.717) is 4.47 Å². The molecule has 0 aliphatic carbocycles. The van der Waals surface area contributed by atoms with Crippen LogP contribution >= 0.6 is 27.5 Å². The first kappa shape index (κ1) is 14.6. The molecule has 0 bridgehead atoms. The summed E-state index contributed by atoms with van der Waals surface area (Å²) < 4.78 is 13.4. The van der Waals surface area contributed by atoms with Crippen molar-refractivity contribution in [2.45, 2.75) is 0 Å². The van der Waals surface area contributed by atoms with Crippen molar-refractivity contribution in [1.29, 1.82) is 0 Å².